The summed E-state index contributed by atoms with van der Waals surface area (Å²) in [5.41, 5.74) is 2.59. The number of aromatic amines is 1. The highest BCUT2D eigenvalue weighted by atomic mass is 15.1. The van der Waals surface area contributed by atoms with Crippen LogP contribution in [0, 0.1) is 0 Å². The van der Waals surface area contributed by atoms with Crippen molar-refractivity contribution in [2.45, 2.75) is 25.3 Å². The van der Waals surface area contributed by atoms with E-state index in [2.05, 4.69) is 29.0 Å². The molecule has 3 nitrogen and oxygen atoms in total. The molecule has 2 rings (SSSR count). The molecule has 1 unspecified atom stereocenters. The number of nitrogens with one attached hydrogen (secondary N) is 1. The number of fused-ring (bicyclic) bond motifs is 1. The van der Waals surface area contributed by atoms with Crippen LogP contribution in [0.15, 0.2) is 6.33 Å². The first-order valence-corrected chi connectivity index (χ1v) is 4.47. The molecule has 3 heteroatoms. The van der Waals surface area contributed by atoms with Crippen LogP contribution in [0.1, 0.15) is 30.3 Å². The number of aryl methyl sites for hydroxylation is 1. The average molecular weight is 165 g/mol. The van der Waals surface area contributed by atoms with Gasteiger partial charge in [-0.05, 0) is 33.4 Å². The molecule has 0 spiro atoms. The number of rotatable bonds is 1. The maximum absolute atomic E-state index is 4.36. The molecule has 66 valence electrons. The van der Waals surface area contributed by atoms with Crippen LogP contribution in [0.2, 0.25) is 0 Å². The standard InChI is InChI=1S/C9H15N3/c1-12(2)8-5-3-4-7-9(8)11-6-10-7/h6,8H,3-5H2,1-2H3,(H,10,11). The van der Waals surface area contributed by atoms with E-state index in [1.54, 1.807) is 0 Å². The molecule has 1 aromatic rings. The topological polar surface area (TPSA) is 31.9 Å². The summed E-state index contributed by atoms with van der Waals surface area (Å²) in [4.78, 5) is 9.82. The highest BCUT2D eigenvalue weighted by Crippen LogP contribution is 2.29. The molecule has 1 aliphatic carbocycles. The number of imidazole rings is 1. The third-order valence-electron chi connectivity index (χ3n) is 2.59. The van der Waals surface area contributed by atoms with Crippen molar-refractivity contribution in [1.29, 1.82) is 0 Å². The van der Waals surface area contributed by atoms with Crippen molar-refractivity contribution < 1.29 is 0 Å². The molecule has 0 bridgehead atoms. The molecule has 1 aromatic heterocycles. The van der Waals surface area contributed by atoms with E-state index in [-0.39, 0.29) is 0 Å². The maximum Gasteiger partial charge on any atom is 0.0925 e. The molecule has 1 aliphatic rings. The zero-order valence-electron chi connectivity index (χ0n) is 7.67. The Kier molecular flexibility index (Phi) is 1.89. The maximum atomic E-state index is 4.36. The van der Waals surface area contributed by atoms with Gasteiger partial charge in [-0.3, -0.25) is 0 Å². The van der Waals surface area contributed by atoms with Crippen LogP contribution < -0.4 is 0 Å². The lowest BCUT2D eigenvalue weighted by Gasteiger charge is -2.27. The fourth-order valence-corrected chi connectivity index (χ4v) is 1.93. The Morgan fingerprint density at radius 3 is 3.17 bits per heavy atom. The summed E-state index contributed by atoms with van der Waals surface area (Å²) in [6.07, 6.45) is 5.50. The summed E-state index contributed by atoms with van der Waals surface area (Å²) in [7, 11) is 4.24. The van der Waals surface area contributed by atoms with Gasteiger partial charge in [0.1, 0.15) is 0 Å². The van der Waals surface area contributed by atoms with Gasteiger partial charge in [-0.15, -0.1) is 0 Å². The van der Waals surface area contributed by atoms with E-state index >= 15 is 0 Å². The Balaban J connectivity index is 2.31. The molecule has 0 fully saturated rings. The first-order valence-electron chi connectivity index (χ1n) is 4.47. The molecule has 1 atom stereocenters. The highest BCUT2D eigenvalue weighted by molar-refractivity contribution is 5.18. The molecule has 1 N–H and O–H groups in total. The molecular formula is C9H15N3. The molecule has 0 saturated heterocycles. The minimum atomic E-state index is 0.528. The average Bonchev–Trinajstić information content (AvgIpc) is 2.49. The fraction of sp³-hybridized carbons (Fsp3) is 0.667. The molecule has 0 aromatic carbocycles. The van der Waals surface area contributed by atoms with Crippen LogP contribution in [0.5, 0.6) is 0 Å². The Labute approximate surface area is 72.8 Å². The first-order chi connectivity index (χ1) is 5.79. The Bertz CT molecular complexity index is 264. The lowest BCUT2D eigenvalue weighted by molar-refractivity contribution is 0.263. The van der Waals surface area contributed by atoms with Gasteiger partial charge >= 0.3 is 0 Å². The highest BCUT2D eigenvalue weighted by Gasteiger charge is 2.23. The van der Waals surface area contributed by atoms with Crippen LogP contribution in [-0.2, 0) is 6.42 Å². The largest absolute Gasteiger partial charge is 0.348 e. The summed E-state index contributed by atoms with van der Waals surface area (Å²) in [6, 6.07) is 0.528. The van der Waals surface area contributed by atoms with Gasteiger partial charge in [0.2, 0.25) is 0 Å². The summed E-state index contributed by atoms with van der Waals surface area (Å²) >= 11 is 0. The monoisotopic (exact) mass is 165 g/mol. The van der Waals surface area contributed by atoms with E-state index in [0.29, 0.717) is 6.04 Å². The van der Waals surface area contributed by atoms with Gasteiger partial charge in [0.15, 0.2) is 0 Å². The zero-order valence-corrected chi connectivity index (χ0v) is 7.67. The Morgan fingerprint density at radius 1 is 1.58 bits per heavy atom. The first kappa shape index (κ1) is 7.80. The molecule has 1 heterocycles. The third-order valence-corrected chi connectivity index (χ3v) is 2.59. The van der Waals surface area contributed by atoms with Crippen LogP contribution in [0.4, 0.5) is 0 Å². The van der Waals surface area contributed by atoms with Gasteiger partial charge in [-0.1, -0.05) is 0 Å². The number of hydrogen-bond donors (Lipinski definition) is 1. The van der Waals surface area contributed by atoms with Crippen molar-refractivity contribution in [3.63, 3.8) is 0 Å². The predicted octanol–water partition coefficient (Wildman–Crippen LogP) is 1.35. The van der Waals surface area contributed by atoms with E-state index in [0.717, 1.165) is 0 Å². The smallest absolute Gasteiger partial charge is 0.0925 e. The van der Waals surface area contributed by atoms with Crippen LogP contribution in [0.3, 0.4) is 0 Å². The second-order valence-electron chi connectivity index (χ2n) is 3.64. The minimum Gasteiger partial charge on any atom is -0.348 e. The van der Waals surface area contributed by atoms with Crippen molar-refractivity contribution in [1.82, 2.24) is 14.9 Å². The van der Waals surface area contributed by atoms with E-state index < -0.39 is 0 Å². The molecule has 0 radical (unpaired) electrons. The molecule has 0 saturated carbocycles. The summed E-state index contributed by atoms with van der Waals surface area (Å²) in [6.45, 7) is 0. The Morgan fingerprint density at radius 2 is 2.42 bits per heavy atom. The summed E-state index contributed by atoms with van der Waals surface area (Å²) < 4.78 is 0. The van der Waals surface area contributed by atoms with Gasteiger partial charge in [-0.25, -0.2) is 4.98 Å². The van der Waals surface area contributed by atoms with Gasteiger partial charge in [0.05, 0.1) is 18.1 Å². The Hall–Kier alpha value is -0.830. The predicted molar refractivity (Wildman–Crippen MR) is 48.0 cm³/mol. The van der Waals surface area contributed by atoms with Crippen molar-refractivity contribution in [3.05, 3.63) is 17.7 Å². The van der Waals surface area contributed by atoms with E-state index in [4.69, 9.17) is 0 Å². The fourth-order valence-electron chi connectivity index (χ4n) is 1.93. The molecule has 12 heavy (non-hydrogen) atoms. The molecule has 0 amide bonds. The van der Waals surface area contributed by atoms with Crippen LogP contribution in [0.25, 0.3) is 0 Å². The van der Waals surface area contributed by atoms with Crippen molar-refractivity contribution in [2.75, 3.05) is 14.1 Å². The summed E-state index contributed by atoms with van der Waals surface area (Å²) in [5.74, 6) is 0. The lowest BCUT2D eigenvalue weighted by Crippen LogP contribution is -2.24. The number of H-pyrrole nitrogens is 1. The number of nitrogens with zero attached hydrogens (tertiary/aromatic N) is 2. The quantitative estimate of drug-likeness (QED) is 0.681. The van der Waals surface area contributed by atoms with Crippen molar-refractivity contribution in [2.24, 2.45) is 0 Å². The van der Waals surface area contributed by atoms with E-state index in [1.807, 2.05) is 6.33 Å². The number of aromatic nitrogens is 2. The van der Waals surface area contributed by atoms with Crippen LogP contribution >= 0.6 is 0 Å². The number of hydrogen-bond acceptors (Lipinski definition) is 2. The minimum absolute atomic E-state index is 0.528. The second-order valence-corrected chi connectivity index (χ2v) is 3.64. The van der Waals surface area contributed by atoms with Gasteiger partial charge in [0.25, 0.3) is 0 Å². The van der Waals surface area contributed by atoms with E-state index in [9.17, 15) is 0 Å². The molecular weight excluding hydrogens is 150 g/mol. The SMILES string of the molecule is CN(C)C1CCCc2[nH]cnc21. The van der Waals surface area contributed by atoms with Crippen molar-refractivity contribution in [3.8, 4) is 0 Å². The van der Waals surface area contributed by atoms with Crippen LogP contribution in [-0.4, -0.2) is 29.0 Å². The lowest BCUT2D eigenvalue weighted by atomic mass is 9.95. The summed E-state index contributed by atoms with van der Waals surface area (Å²) in [5, 5.41) is 0. The second kappa shape index (κ2) is 2.90. The zero-order chi connectivity index (χ0) is 8.55. The van der Waals surface area contributed by atoms with Gasteiger partial charge < -0.3 is 9.88 Å². The van der Waals surface area contributed by atoms with Crippen molar-refractivity contribution >= 4 is 0 Å². The normalized spacial score (nSPS) is 22.8. The third kappa shape index (κ3) is 1.14. The van der Waals surface area contributed by atoms with Gasteiger partial charge in [-0.2, -0.15) is 0 Å². The van der Waals surface area contributed by atoms with Gasteiger partial charge in [0, 0.05) is 5.69 Å². The molecule has 0 aliphatic heterocycles. The van der Waals surface area contributed by atoms with E-state index in [1.165, 1.54) is 30.7 Å².